The summed E-state index contributed by atoms with van der Waals surface area (Å²) in [5.41, 5.74) is 7.95. The third-order valence-corrected chi connectivity index (χ3v) is 4.02. The number of anilines is 1. The summed E-state index contributed by atoms with van der Waals surface area (Å²) in [5.74, 6) is 2.76. The van der Waals surface area contributed by atoms with E-state index in [1.54, 1.807) is 11.8 Å². The van der Waals surface area contributed by atoms with Crippen LogP contribution < -0.4 is 5.73 Å². The second kappa shape index (κ2) is 4.65. The van der Waals surface area contributed by atoms with Crippen LogP contribution in [0.2, 0.25) is 0 Å². The zero-order valence-electron chi connectivity index (χ0n) is 10.2. The predicted molar refractivity (Wildman–Crippen MR) is 71.4 cm³/mol. The van der Waals surface area contributed by atoms with Crippen LogP contribution in [0.5, 0.6) is 0 Å². The molecule has 1 fully saturated rings. The van der Waals surface area contributed by atoms with E-state index in [1.165, 1.54) is 18.4 Å². The molecule has 0 unspecified atom stereocenters. The first-order valence-electron chi connectivity index (χ1n) is 6.04. The Morgan fingerprint density at radius 3 is 3.00 bits per heavy atom. The predicted octanol–water partition coefficient (Wildman–Crippen LogP) is 3.13. The zero-order valence-corrected chi connectivity index (χ0v) is 11.0. The molecule has 1 aliphatic carbocycles. The Bertz CT molecular complexity index is 563. The third kappa shape index (κ3) is 2.51. The van der Waals surface area contributed by atoms with E-state index in [1.807, 2.05) is 19.1 Å². The van der Waals surface area contributed by atoms with Gasteiger partial charge in [-0.2, -0.15) is 4.98 Å². The standard InChI is InChI=1S/C13H15N3OS/c1-8-2-5-11(10(14)6-8)18-7-12-15-13(17-16-12)9-3-4-9/h2,5-6,9H,3-4,7,14H2,1H3. The van der Waals surface area contributed by atoms with Crippen LogP contribution in [0, 0.1) is 6.92 Å². The van der Waals surface area contributed by atoms with Gasteiger partial charge >= 0.3 is 0 Å². The fraction of sp³-hybridized carbons (Fsp3) is 0.385. The number of thioether (sulfide) groups is 1. The maximum Gasteiger partial charge on any atom is 0.229 e. The van der Waals surface area contributed by atoms with Gasteiger partial charge in [0.25, 0.3) is 0 Å². The van der Waals surface area contributed by atoms with E-state index in [0.717, 1.165) is 22.3 Å². The number of benzene rings is 1. The van der Waals surface area contributed by atoms with Gasteiger partial charge in [-0.15, -0.1) is 11.8 Å². The summed E-state index contributed by atoms with van der Waals surface area (Å²) >= 11 is 1.64. The molecule has 1 aromatic heterocycles. The smallest absolute Gasteiger partial charge is 0.229 e. The summed E-state index contributed by atoms with van der Waals surface area (Å²) < 4.78 is 5.22. The van der Waals surface area contributed by atoms with Crippen molar-refractivity contribution in [2.75, 3.05) is 5.73 Å². The van der Waals surface area contributed by atoms with E-state index in [4.69, 9.17) is 10.3 Å². The molecule has 1 saturated carbocycles. The molecule has 1 aromatic carbocycles. The minimum absolute atomic E-state index is 0.515. The first-order chi connectivity index (χ1) is 8.72. The van der Waals surface area contributed by atoms with Gasteiger partial charge in [-0.25, -0.2) is 0 Å². The number of aryl methyl sites for hydroxylation is 1. The molecule has 5 heteroatoms. The number of aromatic nitrogens is 2. The lowest BCUT2D eigenvalue weighted by Crippen LogP contribution is -1.91. The highest BCUT2D eigenvalue weighted by Gasteiger charge is 2.29. The van der Waals surface area contributed by atoms with Gasteiger partial charge in [-0.05, 0) is 37.5 Å². The topological polar surface area (TPSA) is 64.9 Å². The Balaban J connectivity index is 1.65. The van der Waals surface area contributed by atoms with Crippen molar-refractivity contribution in [3.8, 4) is 0 Å². The number of hydrogen-bond donors (Lipinski definition) is 1. The van der Waals surface area contributed by atoms with Crippen LogP contribution >= 0.6 is 11.8 Å². The SMILES string of the molecule is Cc1ccc(SCc2noc(C3CC3)n2)c(N)c1. The van der Waals surface area contributed by atoms with Crippen molar-refractivity contribution in [3.05, 3.63) is 35.5 Å². The Morgan fingerprint density at radius 2 is 2.28 bits per heavy atom. The first kappa shape index (κ1) is 11.6. The van der Waals surface area contributed by atoms with Crippen molar-refractivity contribution in [2.24, 2.45) is 0 Å². The normalized spacial score (nSPS) is 14.9. The largest absolute Gasteiger partial charge is 0.398 e. The molecule has 0 bridgehead atoms. The molecule has 94 valence electrons. The molecular formula is C13H15N3OS. The highest BCUT2D eigenvalue weighted by Crippen LogP contribution is 2.39. The van der Waals surface area contributed by atoms with E-state index in [9.17, 15) is 0 Å². The zero-order chi connectivity index (χ0) is 12.5. The van der Waals surface area contributed by atoms with Crippen molar-refractivity contribution in [3.63, 3.8) is 0 Å². The quantitative estimate of drug-likeness (QED) is 0.676. The first-order valence-corrected chi connectivity index (χ1v) is 7.02. The number of nitrogen functional groups attached to an aromatic ring is 1. The molecule has 0 spiro atoms. The van der Waals surface area contributed by atoms with Crippen molar-refractivity contribution >= 4 is 17.4 Å². The van der Waals surface area contributed by atoms with E-state index in [2.05, 4.69) is 16.2 Å². The molecule has 0 radical (unpaired) electrons. The Kier molecular flexibility index (Phi) is 2.99. The van der Waals surface area contributed by atoms with Gasteiger partial charge in [-0.3, -0.25) is 0 Å². The summed E-state index contributed by atoms with van der Waals surface area (Å²) in [7, 11) is 0. The van der Waals surface area contributed by atoms with E-state index >= 15 is 0 Å². The highest BCUT2D eigenvalue weighted by atomic mass is 32.2. The summed E-state index contributed by atoms with van der Waals surface area (Å²) in [6.45, 7) is 2.03. The fourth-order valence-corrected chi connectivity index (χ4v) is 2.56. The van der Waals surface area contributed by atoms with Gasteiger partial charge in [-0.1, -0.05) is 11.2 Å². The van der Waals surface area contributed by atoms with Crippen LogP contribution in [0.1, 0.15) is 36.0 Å². The third-order valence-electron chi connectivity index (χ3n) is 2.93. The molecule has 3 rings (SSSR count). The lowest BCUT2D eigenvalue weighted by Gasteiger charge is -2.04. The summed E-state index contributed by atoms with van der Waals surface area (Å²) in [6.07, 6.45) is 2.36. The van der Waals surface area contributed by atoms with Crippen LogP contribution in [0.3, 0.4) is 0 Å². The van der Waals surface area contributed by atoms with Crippen molar-refractivity contribution < 1.29 is 4.52 Å². The van der Waals surface area contributed by atoms with Crippen molar-refractivity contribution in [1.29, 1.82) is 0 Å². The van der Waals surface area contributed by atoms with Gasteiger partial charge in [0.15, 0.2) is 5.82 Å². The molecule has 18 heavy (non-hydrogen) atoms. The maximum atomic E-state index is 5.96. The highest BCUT2D eigenvalue weighted by molar-refractivity contribution is 7.98. The second-order valence-electron chi connectivity index (χ2n) is 4.65. The lowest BCUT2D eigenvalue weighted by atomic mass is 10.2. The van der Waals surface area contributed by atoms with Gasteiger partial charge in [0.1, 0.15) is 0 Å². The molecule has 0 saturated heterocycles. The Morgan fingerprint density at radius 1 is 1.44 bits per heavy atom. The average molecular weight is 261 g/mol. The maximum absolute atomic E-state index is 5.96. The number of nitrogens with zero attached hydrogens (tertiary/aromatic N) is 2. The van der Waals surface area contributed by atoms with Crippen LogP contribution in [0.4, 0.5) is 5.69 Å². The van der Waals surface area contributed by atoms with Crippen LogP contribution in [0.15, 0.2) is 27.6 Å². The fourth-order valence-electron chi connectivity index (χ4n) is 1.76. The van der Waals surface area contributed by atoms with Crippen molar-refractivity contribution in [1.82, 2.24) is 10.1 Å². The molecule has 0 amide bonds. The molecule has 2 aromatic rings. The van der Waals surface area contributed by atoms with Gasteiger partial charge < -0.3 is 10.3 Å². The molecule has 2 N–H and O–H groups in total. The summed E-state index contributed by atoms with van der Waals surface area (Å²) in [4.78, 5) is 5.46. The number of nitrogens with two attached hydrogens (primary N) is 1. The van der Waals surface area contributed by atoms with E-state index < -0.39 is 0 Å². The van der Waals surface area contributed by atoms with Crippen molar-refractivity contribution in [2.45, 2.75) is 36.3 Å². The van der Waals surface area contributed by atoms with Gasteiger partial charge in [0, 0.05) is 16.5 Å². The van der Waals surface area contributed by atoms with Gasteiger partial charge in [0.05, 0.1) is 5.75 Å². The van der Waals surface area contributed by atoms with E-state index in [-0.39, 0.29) is 0 Å². The number of rotatable bonds is 4. The Hall–Kier alpha value is -1.49. The van der Waals surface area contributed by atoms with Crippen LogP contribution in [-0.4, -0.2) is 10.1 Å². The summed E-state index contributed by atoms with van der Waals surface area (Å²) in [6, 6.07) is 6.08. The van der Waals surface area contributed by atoms with Crippen LogP contribution in [-0.2, 0) is 5.75 Å². The Labute approximate surface area is 110 Å². The lowest BCUT2D eigenvalue weighted by molar-refractivity contribution is 0.375. The minimum atomic E-state index is 0.515. The monoisotopic (exact) mass is 261 g/mol. The average Bonchev–Trinajstić information content (AvgIpc) is 3.08. The minimum Gasteiger partial charge on any atom is -0.398 e. The van der Waals surface area contributed by atoms with Crippen LogP contribution in [0.25, 0.3) is 0 Å². The molecular weight excluding hydrogens is 246 g/mol. The molecule has 1 aliphatic rings. The molecule has 0 aliphatic heterocycles. The van der Waals surface area contributed by atoms with Gasteiger partial charge in [0.2, 0.25) is 5.89 Å². The number of hydrogen-bond acceptors (Lipinski definition) is 5. The molecule has 1 heterocycles. The summed E-state index contributed by atoms with van der Waals surface area (Å²) in [5, 5.41) is 3.99. The molecule has 0 atom stereocenters. The van der Waals surface area contributed by atoms with E-state index in [0.29, 0.717) is 11.7 Å². The molecule has 4 nitrogen and oxygen atoms in total. The second-order valence-corrected chi connectivity index (χ2v) is 5.67.